The highest BCUT2D eigenvalue weighted by Gasteiger charge is 2.20. The van der Waals surface area contributed by atoms with Crippen LogP contribution in [0.15, 0.2) is 59.7 Å². The van der Waals surface area contributed by atoms with Crippen molar-refractivity contribution in [2.24, 2.45) is 7.05 Å². The number of pyridine rings is 2. The number of nitrogens with zero attached hydrogens (tertiary/aromatic N) is 5. The van der Waals surface area contributed by atoms with Crippen molar-refractivity contribution < 1.29 is 9.13 Å². The molecular formula is C26H20FN5O2. The number of hydrogen-bond acceptors (Lipinski definition) is 5. The second-order valence-electron chi connectivity index (χ2n) is 7.91. The number of rotatable bonds is 4. The fraction of sp³-hybridized carbons (Fsp3) is 0.154. The first-order valence-electron chi connectivity index (χ1n) is 10.7. The summed E-state index contributed by atoms with van der Waals surface area (Å²) >= 11 is 0. The van der Waals surface area contributed by atoms with Crippen molar-refractivity contribution in [3.05, 3.63) is 82.4 Å². The molecule has 2 aromatic carbocycles. The second kappa shape index (κ2) is 8.12. The summed E-state index contributed by atoms with van der Waals surface area (Å²) in [4.78, 5) is 22.2. The zero-order valence-corrected chi connectivity index (χ0v) is 18.8. The summed E-state index contributed by atoms with van der Waals surface area (Å²) in [5, 5.41) is 9.76. The maximum Gasteiger partial charge on any atom is 0.333 e. The van der Waals surface area contributed by atoms with Gasteiger partial charge in [0, 0.05) is 41.5 Å². The Morgan fingerprint density at radius 3 is 2.59 bits per heavy atom. The monoisotopic (exact) mass is 453 g/mol. The molecule has 5 rings (SSSR count). The van der Waals surface area contributed by atoms with Crippen molar-refractivity contribution >= 4 is 21.9 Å². The quantitative estimate of drug-likeness (QED) is 0.399. The molecule has 8 heteroatoms. The molecule has 5 aromatic rings. The average molecular weight is 453 g/mol. The minimum atomic E-state index is -0.660. The maximum atomic E-state index is 15.0. The molecule has 0 radical (unpaired) electrons. The van der Waals surface area contributed by atoms with Crippen LogP contribution in [-0.2, 0) is 13.5 Å². The highest BCUT2D eigenvalue weighted by Crippen LogP contribution is 2.36. The van der Waals surface area contributed by atoms with E-state index in [1.54, 1.807) is 32.6 Å². The summed E-state index contributed by atoms with van der Waals surface area (Å²) in [6.45, 7) is 2.04. The zero-order chi connectivity index (χ0) is 24.0. The molecule has 0 bridgehead atoms. The molecule has 0 N–H and O–H groups in total. The standard InChI is InChI=1S/C26H20FN5O2/c1-4-17-7-6-16(13-29-17)18-10-19-21(11-24(18)34-3)30-14-23-25(19)32(26(33)31(23)2)22-8-5-15(12-28)9-20(22)27/h5-11,13-14H,4H2,1-3H3. The van der Waals surface area contributed by atoms with Crippen molar-refractivity contribution in [2.75, 3.05) is 7.11 Å². The van der Waals surface area contributed by atoms with Crippen LogP contribution in [0.2, 0.25) is 0 Å². The van der Waals surface area contributed by atoms with Gasteiger partial charge < -0.3 is 4.74 Å². The summed E-state index contributed by atoms with van der Waals surface area (Å²) in [6.07, 6.45) is 4.20. The lowest BCUT2D eigenvalue weighted by Gasteiger charge is -2.12. The molecule has 0 unspecified atom stereocenters. The van der Waals surface area contributed by atoms with Crippen LogP contribution in [0.3, 0.4) is 0 Å². The summed E-state index contributed by atoms with van der Waals surface area (Å²) < 4.78 is 23.4. The van der Waals surface area contributed by atoms with Gasteiger partial charge in [-0.05, 0) is 36.8 Å². The van der Waals surface area contributed by atoms with Crippen LogP contribution in [0.25, 0.3) is 38.8 Å². The smallest absolute Gasteiger partial charge is 0.333 e. The van der Waals surface area contributed by atoms with Crippen molar-refractivity contribution in [2.45, 2.75) is 13.3 Å². The van der Waals surface area contributed by atoms with Gasteiger partial charge in [-0.25, -0.2) is 9.18 Å². The van der Waals surface area contributed by atoms with Crippen molar-refractivity contribution in [1.29, 1.82) is 5.26 Å². The molecule has 0 spiro atoms. The van der Waals surface area contributed by atoms with E-state index in [1.807, 2.05) is 31.2 Å². The van der Waals surface area contributed by atoms with Crippen LogP contribution in [0.1, 0.15) is 18.2 Å². The van der Waals surface area contributed by atoms with Gasteiger partial charge in [-0.2, -0.15) is 5.26 Å². The Balaban J connectivity index is 1.87. The molecule has 0 aliphatic heterocycles. The fourth-order valence-electron chi connectivity index (χ4n) is 4.19. The lowest BCUT2D eigenvalue weighted by molar-refractivity contribution is 0.417. The third-order valence-electron chi connectivity index (χ3n) is 6.02. The van der Waals surface area contributed by atoms with Crippen LogP contribution < -0.4 is 10.4 Å². The van der Waals surface area contributed by atoms with E-state index >= 15 is 4.39 Å². The number of imidazole rings is 1. The first-order chi connectivity index (χ1) is 16.5. The van der Waals surface area contributed by atoms with Crippen molar-refractivity contribution in [3.63, 3.8) is 0 Å². The van der Waals surface area contributed by atoms with E-state index in [0.717, 1.165) is 29.3 Å². The Bertz CT molecular complexity index is 1680. The van der Waals surface area contributed by atoms with Crippen LogP contribution in [0, 0.1) is 17.1 Å². The maximum absolute atomic E-state index is 15.0. The normalized spacial score (nSPS) is 11.1. The van der Waals surface area contributed by atoms with E-state index in [1.165, 1.54) is 21.3 Å². The molecule has 3 heterocycles. The Kier molecular flexibility index (Phi) is 5.10. The van der Waals surface area contributed by atoms with Gasteiger partial charge >= 0.3 is 5.69 Å². The Morgan fingerprint density at radius 1 is 1.12 bits per heavy atom. The van der Waals surface area contributed by atoms with Gasteiger partial charge in [0.2, 0.25) is 0 Å². The summed E-state index contributed by atoms with van der Waals surface area (Å²) in [5.74, 6) is -0.0496. The summed E-state index contributed by atoms with van der Waals surface area (Å²) in [6, 6.07) is 13.6. The predicted molar refractivity (Wildman–Crippen MR) is 128 cm³/mol. The lowest BCUT2D eigenvalue weighted by Crippen LogP contribution is -2.21. The van der Waals surface area contributed by atoms with E-state index in [-0.39, 0.29) is 11.3 Å². The summed E-state index contributed by atoms with van der Waals surface area (Å²) in [7, 11) is 3.20. The van der Waals surface area contributed by atoms with E-state index in [0.29, 0.717) is 27.7 Å². The molecule has 168 valence electrons. The lowest BCUT2D eigenvalue weighted by atomic mass is 10.0. The summed E-state index contributed by atoms with van der Waals surface area (Å²) in [5.41, 5.74) is 4.09. The number of aryl methyl sites for hydroxylation is 2. The fourth-order valence-corrected chi connectivity index (χ4v) is 4.19. The van der Waals surface area contributed by atoms with Crippen molar-refractivity contribution in [3.8, 4) is 28.6 Å². The number of ether oxygens (including phenoxy) is 1. The molecule has 34 heavy (non-hydrogen) atoms. The van der Waals surface area contributed by atoms with Gasteiger partial charge in [0.25, 0.3) is 0 Å². The largest absolute Gasteiger partial charge is 0.496 e. The average Bonchev–Trinajstić information content (AvgIpc) is 3.13. The first-order valence-corrected chi connectivity index (χ1v) is 10.7. The SMILES string of the molecule is CCc1ccc(-c2cc3c(cc2OC)ncc2c3n(-c3ccc(C#N)cc3F)c(=O)n2C)cn1. The molecule has 7 nitrogen and oxygen atoms in total. The molecule has 0 aliphatic carbocycles. The van der Waals surface area contributed by atoms with Gasteiger partial charge in [-0.1, -0.05) is 13.0 Å². The number of benzene rings is 2. The number of methoxy groups -OCH3 is 1. The van der Waals surface area contributed by atoms with E-state index < -0.39 is 11.5 Å². The molecule has 0 saturated carbocycles. The van der Waals surface area contributed by atoms with Gasteiger partial charge in [-0.15, -0.1) is 0 Å². The topological polar surface area (TPSA) is 85.7 Å². The van der Waals surface area contributed by atoms with Gasteiger partial charge in [0.05, 0.1) is 47.2 Å². The van der Waals surface area contributed by atoms with Gasteiger partial charge in [0.1, 0.15) is 11.6 Å². The Hall–Kier alpha value is -4.51. The van der Waals surface area contributed by atoms with Crippen LogP contribution in [0.4, 0.5) is 4.39 Å². The number of fused-ring (bicyclic) bond motifs is 3. The van der Waals surface area contributed by atoms with Crippen LogP contribution in [-0.4, -0.2) is 26.2 Å². The van der Waals surface area contributed by atoms with Gasteiger partial charge in [-0.3, -0.25) is 19.1 Å². The van der Waals surface area contributed by atoms with E-state index in [2.05, 4.69) is 9.97 Å². The zero-order valence-electron chi connectivity index (χ0n) is 18.8. The predicted octanol–water partition coefficient (Wildman–Crippen LogP) is 4.52. The Labute approximate surface area is 194 Å². The van der Waals surface area contributed by atoms with Crippen LogP contribution >= 0.6 is 0 Å². The molecule has 0 saturated heterocycles. The highest BCUT2D eigenvalue weighted by atomic mass is 19.1. The number of halogens is 1. The third kappa shape index (κ3) is 3.21. The minimum Gasteiger partial charge on any atom is -0.496 e. The van der Waals surface area contributed by atoms with E-state index in [4.69, 9.17) is 10.00 Å². The molecular weight excluding hydrogens is 433 g/mol. The number of hydrogen-bond donors (Lipinski definition) is 0. The first kappa shape index (κ1) is 21.3. The Morgan fingerprint density at radius 2 is 1.94 bits per heavy atom. The molecule has 0 aliphatic rings. The van der Waals surface area contributed by atoms with Crippen LogP contribution in [0.5, 0.6) is 5.75 Å². The van der Waals surface area contributed by atoms with Crippen molar-refractivity contribution in [1.82, 2.24) is 19.1 Å². The van der Waals surface area contributed by atoms with Gasteiger partial charge in [0.15, 0.2) is 0 Å². The number of aromatic nitrogens is 4. The minimum absolute atomic E-state index is 0.0634. The van der Waals surface area contributed by atoms with E-state index in [9.17, 15) is 4.79 Å². The molecule has 3 aromatic heterocycles. The number of nitriles is 1. The highest BCUT2D eigenvalue weighted by molar-refractivity contribution is 6.05. The molecule has 0 amide bonds. The molecule has 0 atom stereocenters. The third-order valence-corrected chi connectivity index (χ3v) is 6.02. The molecule has 0 fully saturated rings. The second-order valence-corrected chi connectivity index (χ2v) is 7.91.